The van der Waals surface area contributed by atoms with Gasteiger partial charge in [-0.1, -0.05) is 18.2 Å². The van der Waals surface area contributed by atoms with Crippen LogP contribution in [0.4, 0.5) is 10.1 Å². The number of amides is 1. The number of hydrogen-bond donors (Lipinski definition) is 1. The predicted octanol–water partition coefficient (Wildman–Crippen LogP) is 2.96. The van der Waals surface area contributed by atoms with E-state index >= 15 is 0 Å². The zero-order valence-corrected chi connectivity index (χ0v) is 11.4. The standard InChI is InChI=1S/C16H14FNO3/c1-11-6-7-13(17)8-14(11)18-16(20)10-21-15-5-3-2-4-12(15)9-19/h2-9H,10H2,1H3,(H,18,20). The molecule has 0 heterocycles. The Morgan fingerprint density at radius 2 is 2.05 bits per heavy atom. The van der Waals surface area contributed by atoms with E-state index < -0.39 is 11.7 Å². The average Bonchev–Trinajstić information content (AvgIpc) is 2.49. The molecule has 0 saturated heterocycles. The molecule has 1 N–H and O–H groups in total. The number of hydrogen-bond acceptors (Lipinski definition) is 3. The van der Waals surface area contributed by atoms with Gasteiger partial charge in [-0.2, -0.15) is 0 Å². The van der Waals surface area contributed by atoms with Gasteiger partial charge in [-0.25, -0.2) is 4.39 Å². The van der Waals surface area contributed by atoms with Crippen LogP contribution >= 0.6 is 0 Å². The second-order valence-electron chi connectivity index (χ2n) is 4.45. The van der Waals surface area contributed by atoms with E-state index in [1.165, 1.54) is 12.1 Å². The first-order chi connectivity index (χ1) is 10.1. The number of benzene rings is 2. The Bertz CT molecular complexity index is 670. The molecule has 108 valence electrons. The van der Waals surface area contributed by atoms with Crippen LogP contribution in [-0.4, -0.2) is 18.8 Å². The first-order valence-electron chi connectivity index (χ1n) is 6.33. The van der Waals surface area contributed by atoms with Crippen LogP contribution in [0, 0.1) is 12.7 Å². The number of anilines is 1. The van der Waals surface area contributed by atoms with E-state index in [1.54, 1.807) is 37.3 Å². The third-order valence-corrected chi connectivity index (χ3v) is 2.88. The van der Waals surface area contributed by atoms with Crippen LogP contribution in [0.25, 0.3) is 0 Å². The van der Waals surface area contributed by atoms with Crippen molar-refractivity contribution in [1.29, 1.82) is 0 Å². The molecule has 0 aliphatic heterocycles. The van der Waals surface area contributed by atoms with Crippen molar-refractivity contribution in [2.75, 3.05) is 11.9 Å². The molecule has 0 radical (unpaired) electrons. The Hall–Kier alpha value is -2.69. The van der Waals surface area contributed by atoms with Gasteiger partial charge in [0.1, 0.15) is 11.6 Å². The number of halogens is 1. The summed E-state index contributed by atoms with van der Waals surface area (Å²) in [6.45, 7) is 1.50. The summed E-state index contributed by atoms with van der Waals surface area (Å²) in [4.78, 5) is 22.6. The third kappa shape index (κ3) is 3.89. The van der Waals surface area contributed by atoms with Gasteiger partial charge in [0.25, 0.3) is 5.91 Å². The number of aldehydes is 1. The van der Waals surface area contributed by atoms with Crippen LogP contribution in [0.1, 0.15) is 15.9 Å². The molecule has 2 rings (SSSR count). The smallest absolute Gasteiger partial charge is 0.262 e. The number of rotatable bonds is 5. The molecular weight excluding hydrogens is 273 g/mol. The number of aryl methyl sites for hydroxylation is 1. The molecule has 2 aromatic carbocycles. The summed E-state index contributed by atoms with van der Waals surface area (Å²) in [6, 6.07) is 10.7. The predicted molar refractivity (Wildman–Crippen MR) is 77.1 cm³/mol. The zero-order valence-electron chi connectivity index (χ0n) is 11.4. The lowest BCUT2D eigenvalue weighted by molar-refractivity contribution is -0.118. The number of carbonyl (C=O) groups is 2. The second kappa shape index (κ2) is 6.65. The molecule has 0 aliphatic carbocycles. The molecule has 0 saturated carbocycles. The van der Waals surface area contributed by atoms with Crippen molar-refractivity contribution in [3.63, 3.8) is 0 Å². The monoisotopic (exact) mass is 287 g/mol. The maximum absolute atomic E-state index is 13.1. The van der Waals surface area contributed by atoms with Gasteiger partial charge in [0, 0.05) is 5.69 Å². The molecular formula is C16H14FNO3. The lowest BCUT2D eigenvalue weighted by atomic mass is 10.2. The van der Waals surface area contributed by atoms with Gasteiger partial charge < -0.3 is 10.1 Å². The summed E-state index contributed by atoms with van der Waals surface area (Å²) in [6.07, 6.45) is 0.657. The molecule has 0 unspecified atom stereocenters. The molecule has 4 nitrogen and oxygen atoms in total. The number of para-hydroxylation sites is 1. The normalized spacial score (nSPS) is 10.0. The molecule has 0 spiro atoms. The van der Waals surface area contributed by atoms with Crippen molar-refractivity contribution in [1.82, 2.24) is 0 Å². The molecule has 5 heteroatoms. The van der Waals surface area contributed by atoms with Crippen molar-refractivity contribution in [3.05, 3.63) is 59.4 Å². The maximum atomic E-state index is 13.1. The fourth-order valence-corrected chi connectivity index (χ4v) is 1.77. The highest BCUT2D eigenvalue weighted by Crippen LogP contribution is 2.17. The minimum absolute atomic E-state index is 0.263. The summed E-state index contributed by atoms with van der Waals surface area (Å²) in [5.74, 6) is -0.522. The minimum Gasteiger partial charge on any atom is -0.483 e. The summed E-state index contributed by atoms with van der Waals surface area (Å²) in [5, 5.41) is 2.57. The van der Waals surface area contributed by atoms with E-state index in [9.17, 15) is 14.0 Å². The fraction of sp³-hybridized carbons (Fsp3) is 0.125. The van der Waals surface area contributed by atoms with Gasteiger partial charge in [0.15, 0.2) is 12.9 Å². The van der Waals surface area contributed by atoms with Gasteiger partial charge in [-0.05, 0) is 36.8 Å². The first-order valence-corrected chi connectivity index (χ1v) is 6.33. The lowest BCUT2D eigenvalue weighted by Gasteiger charge is -2.10. The molecule has 0 fully saturated rings. The van der Waals surface area contributed by atoms with Crippen LogP contribution < -0.4 is 10.1 Å². The Labute approximate surface area is 121 Å². The largest absolute Gasteiger partial charge is 0.483 e. The van der Waals surface area contributed by atoms with Crippen molar-refractivity contribution >= 4 is 17.9 Å². The highest BCUT2D eigenvalue weighted by Gasteiger charge is 2.08. The van der Waals surface area contributed by atoms with E-state index in [1.807, 2.05) is 0 Å². The molecule has 0 bridgehead atoms. The summed E-state index contributed by atoms with van der Waals surface area (Å²) >= 11 is 0. The highest BCUT2D eigenvalue weighted by molar-refractivity contribution is 5.92. The van der Waals surface area contributed by atoms with Crippen molar-refractivity contribution in [2.45, 2.75) is 6.92 Å². The molecule has 0 atom stereocenters. The van der Waals surface area contributed by atoms with Gasteiger partial charge in [-0.15, -0.1) is 0 Å². The van der Waals surface area contributed by atoms with Crippen molar-refractivity contribution in [3.8, 4) is 5.75 Å². The van der Waals surface area contributed by atoms with Crippen molar-refractivity contribution in [2.24, 2.45) is 0 Å². The third-order valence-electron chi connectivity index (χ3n) is 2.88. The van der Waals surface area contributed by atoms with E-state index in [0.29, 0.717) is 23.3 Å². The Balaban J connectivity index is 1.99. The topological polar surface area (TPSA) is 55.4 Å². The van der Waals surface area contributed by atoms with Crippen LogP contribution in [0.2, 0.25) is 0 Å². The SMILES string of the molecule is Cc1ccc(F)cc1NC(=O)COc1ccccc1C=O. The highest BCUT2D eigenvalue weighted by atomic mass is 19.1. The molecule has 21 heavy (non-hydrogen) atoms. The van der Waals surface area contributed by atoms with E-state index in [-0.39, 0.29) is 6.61 Å². The Morgan fingerprint density at radius 1 is 1.29 bits per heavy atom. The maximum Gasteiger partial charge on any atom is 0.262 e. The number of nitrogens with one attached hydrogen (secondary N) is 1. The van der Waals surface area contributed by atoms with Crippen LogP contribution in [0.5, 0.6) is 5.75 Å². The summed E-state index contributed by atoms with van der Waals surface area (Å²) in [5.41, 5.74) is 1.51. The van der Waals surface area contributed by atoms with E-state index in [0.717, 1.165) is 5.56 Å². The van der Waals surface area contributed by atoms with Gasteiger partial charge in [0.2, 0.25) is 0 Å². The van der Waals surface area contributed by atoms with E-state index in [4.69, 9.17) is 4.74 Å². The quantitative estimate of drug-likeness (QED) is 0.860. The molecule has 0 aliphatic rings. The lowest BCUT2D eigenvalue weighted by Crippen LogP contribution is -2.21. The molecule has 2 aromatic rings. The molecule has 0 aromatic heterocycles. The number of carbonyl (C=O) groups excluding carboxylic acids is 2. The zero-order chi connectivity index (χ0) is 15.2. The van der Waals surface area contributed by atoms with Gasteiger partial charge in [0.05, 0.1) is 5.56 Å². The minimum atomic E-state index is -0.428. The first kappa shape index (κ1) is 14.7. The summed E-state index contributed by atoms with van der Waals surface area (Å²) in [7, 11) is 0. The van der Waals surface area contributed by atoms with Crippen LogP contribution in [0.15, 0.2) is 42.5 Å². The van der Waals surface area contributed by atoms with Gasteiger partial charge in [-0.3, -0.25) is 9.59 Å². The van der Waals surface area contributed by atoms with Crippen LogP contribution in [0.3, 0.4) is 0 Å². The van der Waals surface area contributed by atoms with E-state index in [2.05, 4.69) is 5.32 Å². The fourth-order valence-electron chi connectivity index (χ4n) is 1.77. The average molecular weight is 287 g/mol. The summed E-state index contributed by atoms with van der Waals surface area (Å²) < 4.78 is 18.4. The number of ether oxygens (including phenoxy) is 1. The second-order valence-corrected chi connectivity index (χ2v) is 4.45. The Morgan fingerprint density at radius 3 is 2.81 bits per heavy atom. The van der Waals surface area contributed by atoms with Crippen molar-refractivity contribution < 1.29 is 18.7 Å². The Kier molecular flexibility index (Phi) is 4.66. The van der Waals surface area contributed by atoms with Gasteiger partial charge >= 0.3 is 0 Å². The molecule has 1 amide bonds. The van der Waals surface area contributed by atoms with Crippen LogP contribution in [-0.2, 0) is 4.79 Å².